The number of carbonyl (C=O) groups is 2. The van der Waals surface area contributed by atoms with E-state index in [1.165, 1.54) is 0 Å². The zero-order chi connectivity index (χ0) is 21.4. The summed E-state index contributed by atoms with van der Waals surface area (Å²) in [6.45, 7) is 5.32. The fourth-order valence-electron chi connectivity index (χ4n) is 4.07. The number of carbonyl (C=O) groups excluding carboxylic acids is 2. The van der Waals surface area contributed by atoms with Crippen molar-refractivity contribution in [3.05, 3.63) is 45.2 Å². The lowest BCUT2D eigenvalue weighted by molar-refractivity contribution is -0.133. The summed E-state index contributed by atoms with van der Waals surface area (Å²) in [5.74, 6) is 0.539. The van der Waals surface area contributed by atoms with Crippen molar-refractivity contribution in [1.29, 1.82) is 0 Å². The van der Waals surface area contributed by atoms with Crippen LogP contribution in [0, 0.1) is 19.8 Å². The first-order chi connectivity index (χ1) is 14.3. The first-order valence-electron chi connectivity index (χ1n) is 10.4. The second-order valence-electron chi connectivity index (χ2n) is 8.28. The maximum atomic E-state index is 12.7. The number of aromatic nitrogens is 2. The third-order valence-electron chi connectivity index (χ3n) is 6.02. The molecule has 2 aliphatic rings. The molecule has 1 aliphatic heterocycles. The Morgan fingerprint density at radius 3 is 2.43 bits per heavy atom. The number of nitrogens with zero attached hydrogens (tertiary/aromatic N) is 3. The second-order valence-corrected chi connectivity index (χ2v) is 9.09. The largest absolute Gasteiger partial charge is 0.353 e. The molecular weight excluding hydrogens is 423 g/mol. The highest BCUT2D eigenvalue weighted by Crippen LogP contribution is 2.32. The summed E-state index contributed by atoms with van der Waals surface area (Å²) in [4.78, 5) is 26.8. The van der Waals surface area contributed by atoms with Crippen LogP contribution in [-0.4, -0.2) is 45.6 Å². The average Bonchev–Trinajstić information content (AvgIpc) is 3.53. The molecular formula is C22H26Cl2N4O2. The molecule has 1 saturated heterocycles. The van der Waals surface area contributed by atoms with Crippen molar-refractivity contribution < 1.29 is 9.59 Å². The number of likely N-dealkylation sites (tertiary alicyclic amines) is 1. The smallest absolute Gasteiger partial charge is 0.225 e. The first-order valence-corrected chi connectivity index (χ1v) is 11.2. The molecule has 2 amide bonds. The van der Waals surface area contributed by atoms with Crippen molar-refractivity contribution in [1.82, 2.24) is 20.0 Å². The molecule has 0 unspecified atom stereocenters. The lowest BCUT2D eigenvalue weighted by Gasteiger charge is -2.32. The Bertz CT molecular complexity index is 976. The number of aryl methyl sites for hydroxylation is 1. The minimum atomic E-state index is -0.0122. The molecule has 1 aliphatic carbocycles. The van der Waals surface area contributed by atoms with Crippen LogP contribution in [0.1, 0.15) is 42.6 Å². The molecule has 0 atom stereocenters. The molecule has 6 nitrogen and oxygen atoms in total. The van der Waals surface area contributed by atoms with Crippen LogP contribution in [0.4, 0.5) is 0 Å². The molecule has 8 heteroatoms. The Labute approximate surface area is 186 Å². The standard InChI is InChI=1S/C22H26Cl2N4O2/c1-13-18(14(2)28(26-13)17-5-6-19(23)20(24)11-17)12-21(29)25-16-7-9-27(10-8-16)22(30)15-3-4-15/h5-6,11,15-16H,3-4,7-10,12H2,1-2H3,(H,25,29). The molecule has 160 valence electrons. The second kappa shape index (κ2) is 8.60. The van der Waals surface area contributed by atoms with Gasteiger partial charge in [0.2, 0.25) is 11.8 Å². The SMILES string of the molecule is Cc1nn(-c2ccc(Cl)c(Cl)c2)c(C)c1CC(=O)NC1CCN(C(=O)C2CC2)CC1. The van der Waals surface area contributed by atoms with E-state index in [0.717, 1.165) is 61.4 Å². The van der Waals surface area contributed by atoms with Gasteiger partial charge in [-0.2, -0.15) is 5.10 Å². The summed E-state index contributed by atoms with van der Waals surface area (Å²) in [6, 6.07) is 5.48. The molecule has 2 aromatic rings. The number of amides is 2. The zero-order valence-corrected chi connectivity index (χ0v) is 18.8. The Morgan fingerprint density at radius 1 is 1.10 bits per heavy atom. The molecule has 0 spiro atoms. The third kappa shape index (κ3) is 4.49. The molecule has 2 fully saturated rings. The summed E-state index contributed by atoms with van der Waals surface area (Å²) >= 11 is 12.2. The normalized spacial score (nSPS) is 17.3. The van der Waals surface area contributed by atoms with Crippen molar-refractivity contribution in [2.24, 2.45) is 5.92 Å². The van der Waals surface area contributed by atoms with E-state index in [0.29, 0.717) is 16.0 Å². The molecule has 1 N–H and O–H groups in total. The van der Waals surface area contributed by atoms with Gasteiger partial charge in [0.1, 0.15) is 0 Å². The van der Waals surface area contributed by atoms with Crippen LogP contribution in [0.15, 0.2) is 18.2 Å². The van der Waals surface area contributed by atoms with Crippen molar-refractivity contribution in [2.75, 3.05) is 13.1 Å². The summed E-state index contributed by atoms with van der Waals surface area (Å²) < 4.78 is 1.79. The number of rotatable bonds is 5. The molecule has 1 saturated carbocycles. The quantitative estimate of drug-likeness (QED) is 0.754. The van der Waals surface area contributed by atoms with Gasteiger partial charge in [-0.15, -0.1) is 0 Å². The van der Waals surface area contributed by atoms with Crippen LogP contribution in [-0.2, 0) is 16.0 Å². The number of benzene rings is 1. The summed E-state index contributed by atoms with van der Waals surface area (Å²) in [7, 11) is 0. The summed E-state index contributed by atoms with van der Waals surface area (Å²) in [5.41, 5.74) is 3.45. The van der Waals surface area contributed by atoms with E-state index in [1.54, 1.807) is 16.8 Å². The van der Waals surface area contributed by atoms with Crippen molar-refractivity contribution in [3.63, 3.8) is 0 Å². The van der Waals surface area contributed by atoms with Crippen LogP contribution in [0.25, 0.3) is 5.69 Å². The maximum Gasteiger partial charge on any atom is 0.225 e. The summed E-state index contributed by atoms with van der Waals surface area (Å²) in [5, 5.41) is 8.69. The van der Waals surface area contributed by atoms with Crippen LogP contribution in [0.5, 0.6) is 0 Å². The maximum absolute atomic E-state index is 12.7. The van der Waals surface area contributed by atoms with Crippen LogP contribution < -0.4 is 5.32 Å². The Morgan fingerprint density at radius 2 is 1.80 bits per heavy atom. The van der Waals surface area contributed by atoms with Gasteiger partial charge in [-0.1, -0.05) is 23.2 Å². The van der Waals surface area contributed by atoms with Gasteiger partial charge >= 0.3 is 0 Å². The number of hydrogen-bond acceptors (Lipinski definition) is 3. The lowest BCUT2D eigenvalue weighted by Crippen LogP contribution is -2.47. The van der Waals surface area contributed by atoms with Gasteiger partial charge in [0.05, 0.1) is 27.8 Å². The molecule has 2 heterocycles. The van der Waals surface area contributed by atoms with Crippen molar-refractivity contribution >= 4 is 35.0 Å². The lowest BCUT2D eigenvalue weighted by atomic mass is 10.0. The number of hydrogen-bond donors (Lipinski definition) is 1. The van der Waals surface area contributed by atoms with Crippen molar-refractivity contribution in [2.45, 2.75) is 52.0 Å². The van der Waals surface area contributed by atoms with Crippen molar-refractivity contribution in [3.8, 4) is 5.69 Å². The Balaban J connectivity index is 1.37. The van der Waals surface area contributed by atoms with E-state index in [1.807, 2.05) is 24.8 Å². The van der Waals surface area contributed by atoms with Crippen LogP contribution in [0.3, 0.4) is 0 Å². The molecule has 0 bridgehead atoms. The first kappa shape index (κ1) is 21.2. The van der Waals surface area contributed by atoms with Gasteiger partial charge in [0.15, 0.2) is 0 Å². The summed E-state index contributed by atoms with van der Waals surface area (Å²) in [6.07, 6.45) is 3.96. The topological polar surface area (TPSA) is 67.2 Å². The van der Waals surface area contributed by atoms with E-state index in [9.17, 15) is 9.59 Å². The highest BCUT2D eigenvalue weighted by atomic mass is 35.5. The predicted octanol–water partition coefficient (Wildman–Crippen LogP) is 3.86. The minimum Gasteiger partial charge on any atom is -0.353 e. The minimum absolute atomic E-state index is 0.0122. The number of nitrogens with one attached hydrogen (secondary N) is 1. The monoisotopic (exact) mass is 448 g/mol. The van der Waals surface area contributed by atoms with E-state index >= 15 is 0 Å². The van der Waals surface area contributed by atoms with Crippen LogP contribution >= 0.6 is 23.2 Å². The number of piperidine rings is 1. The van der Waals surface area contributed by atoms with E-state index < -0.39 is 0 Å². The van der Waals surface area contributed by atoms with Gasteiger partial charge in [-0.25, -0.2) is 4.68 Å². The predicted molar refractivity (Wildman–Crippen MR) is 117 cm³/mol. The third-order valence-corrected chi connectivity index (χ3v) is 6.76. The Kier molecular flexibility index (Phi) is 6.07. The highest BCUT2D eigenvalue weighted by molar-refractivity contribution is 6.42. The zero-order valence-electron chi connectivity index (χ0n) is 17.3. The molecule has 0 radical (unpaired) electrons. The average molecular weight is 449 g/mol. The fourth-order valence-corrected chi connectivity index (χ4v) is 4.36. The number of halogens is 2. The van der Waals surface area contributed by atoms with Gasteiger partial charge < -0.3 is 10.2 Å². The Hall–Kier alpha value is -2.05. The van der Waals surface area contributed by atoms with Gasteiger partial charge in [0.25, 0.3) is 0 Å². The fraction of sp³-hybridized carbons (Fsp3) is 0.500. The molecule has 1 aromatic carbocycles. The van der Waals surface area contributed by atoms with Gasteiger partial charge in [0, 0.05) is 36.3 Å². The van der Waals surface area contributed by atoms with Gasteiger partial charge in [-0.05, 0) is 57.7 Å². The molecule has 4 rings (SSSR count). The van der Waals surface area contributed by atoms with Crippen LogP contribution in [0.2, 0.25) is 10.0 Å². The van der Waals surface area contributed by atoms with E-state index in [2.05, 4.69) is 10.4 Å². The van der Waals surface area contributed by atoms with E-state index in [-0.39, 0.29) is 24.3 Å². The van der Waals surface area contributed by atoms with E-state index in [4.69, 9.17) is 23.2 Å². The highest BCUT2D eigenvalue weighted by Gasteiger charge is 2.35. The van der Waals surface area contributed by atoms with Gasteiger partial charge in [-0.3, -0.25) is 9.59 Å². The molecule has 1 aromatic heterocycles. The molecule has 30 heavy (non-hydrogen) atoms.